The molecule has 12 heteroatoms. The van der Waals surface area contributed by atoms with E-state index in [-0.39, 0.29) is 38.5 Å². The third kappa shape index (κ3) is 6.38. The van der Waals surface area contributed by atoms with Gasteiger partial charge in [0.15, 0.2) is 0 Å². The van der Waals surface area contributed by atoms with E-state index in [1.807, 2.05) is 6.92 Å². The second-order valence-corrected chi connectivity index (χ2v) is 8.68. The van der Waals surface area contributed by atoms with Crippen LogP contribution in [0.1, 0.15) is 58.3 Å². The topological polar surface area (TPSA) is 196 Å². The number of nitrogens with zero attached hydrogens (tertiary/aromatic N) is 1. The van der Waals surface area contributed by atoms with Gasteiger partial charge in [0.2, 0.25) is 17.9 Å². The van der Waals surface area contributed by atoms with Crippen molar-refractivity contribution in [2.45, 2.75) is 76.6 Å². The van der Waals surface area contributed by atoms with Gasteiger partial charge in [-0.3, -0.25) is 29.3 Å². The van der Waals surface area contributed by atoms with Gasteiger partial charge in [0.05, 0.1) is 29.8 Å². The predicted molar refractivity (Wildman–Crippen MR) is 109 cm³/mol. The van der Waals surface area contributed by atoms with Gasteiger partial charge in [-0.15, -0.1) is 0 Å². The van der Waals surface area contributed by atoms with Gasteiger partial charge in [0.25, 0.3) is 0 Å². The summed E-state index contributed by atoms with van der Waals surface area (Å²) in [7, 11) is 0. The molecular formula is C20H31N3O9. The van der Waals surface area contributed by atoms with E-state index in [0.717, 1.165) is 0 Å². The highest BCUT2D eigenvalue weighted by Gasteiger charge is 2.44. The van der Waals surface area contributed by atoms with Crippen LogP contribution in [0.4, 0.5) is 0 Å². The summed E-state index contributed by atoms with van der Waals surface area (Å²) in [5, 5.41) is 45.0. The van der Waals surface area contributed by atoms with Crippen molar-refractivity contribution in [3.63, 3.8) is 0 Å². The second-order valence-electron chi connectivity index (χ2n) is 8.68. The van der Waals surface area contributed by atoms with E-state index in [2.05, 4.69) is 10.6 Å². The molecule has 0 aromatic rings. The van der Waals surface area contributed by atoms with Crippen LogP contribution in [-0.2, 0) is 19.2 Å². The van der Waals surface area contributed by atoms with Gasteiger partial charge in [-0.2, -0.15) is 0 Å². The number of aliphatic hydroxyl groups is 1. The normalized spacial score (nSPS) is 31.2. The lowest BCUT2D eigenvalue weighted by molar-refractivity contribution is -0.528. The summed E-state index contributed by atoms with van der Waals surface area (Å²) in [4.78, 5) is 59.4. The maximum atomic E-state index is 12.9. The molecule has 2 amide bonds. The summed E-state index contributed by atoms with van der Waals surface area (Å²) in [6, 6.07) is -1.01. The number of carbonyl (C=O) groups excluding carboxylic acids is 2. The minimum absolute atomic E-state index is 0.00849. The van der Waals surface area contributed by atoms with Crippen molar-refractivity contribution < 1.29 is 39.4 Å². The molecule has 0 spiro atoms. The van der Waals surface area contributed by atoms with Crippen molar-refractivity contribution in [2.24, 2.45) is 23.7 Å². The largest absolute Gasteiger partial charge is 0.481 e. The Balaban J connectivity index is 2.09. The molecule has 0 heterocycles. The molecule has 7 unspecified atom stereocenters. The molecule has 0 aromatic carbocycles. The number of amides is 2. The Hall–Kier alpha value is -2.76. The molecule has 0 aliphatic heterocycles. The van der Waals surface area contributed by atoms with Crippen molar-refractivity contribution in [3.05, 3.63) is 10.1 Å². The molecule has 0 bridgehead atoms. The number of rotatable bonds is 9. The number of aliphatic carboxylic acids is 2. The minimum Gasteiger partial charge on any atom is -0.481 e. The minimum atomic E-state index is -1.20. The lowest BCUT2D eigenvalue weighted by Gasteiger charge is -2.33. The molecule has 2 aliphatic carbocycles. The van der Waals surface area contributed by atoms with E-state index in [9.17, 15) is 44.6 Å². The zero-order valence-corrected chi connectivity index (χ0v) is 17.9. The molecule has 12 nitrogen and oxygen atoms in total. The number of aliphatic hydroxyl groups excluding tert-OH is 1. The van der Waals surface area contributed by atoms with Gasteiger partial charge in [-0.05, 0) is 32.1 Å². The number of hydrogen-bond donors (Lipinski definition) is 5. The van der Waals surface area contributed by atoms with Crippen LogP contribution in [-0.4, -0.2) is 62.3 Å². The summed E-state index contributed by atoms with van der Waals surface area (Å²) in [6.07, 6.45) is -0.474. The molecule has 0 radical (unpaired) electrons. The quantitative estimate of drug-likeness (QED) is 0.184. The van der Waals surface area contributed by atoms with Crippen molar-refractivity contribution in [3.8, 4) is 0 Å². The van der Waals surface area contributed by atoms with Crippen LogP contribution >= 0.6 is 0 Å². The predicted octanol–water partition coefficient (Wildman–Crippen LogP) is 0.353. The van der Waals surface area contributed by atoms with Gasteiger partial charge in [0.1, 0.15) is 6.17 Å². The van der Waals surface area contributed by atoms with E-state index in [1.54, 1.807) is 0 Å². The van der Waals surface area contributed by atoms with Crippen molar-refractivity contribution >= 4 is 23.8 Å². The average molecular weight is 457 g/mol. The molecule has 180 valence electrons. The third-order valence-corrected chi connectivity index (χ3v) is 6.46. The van der Waals surface area contributed by atoms with E-state index in [0.29, 0.717) is 12.8 Å². The first kappa shape index (κ1) is 25.5. The highest BCUT2D eigenvalue weighted by Crippen LogP contribution is 2.33. The van der Waals surface area contributed by atoms with Crippen LogP contribution in [0.2, 0.25) is 0 Å². The third-order valence-electron chi connectivity index (χ3n) is 6.46. The Bertz CT molecular complexity index is 744. The molecule has 2 aliphatic rings. The lowest BCUT2D eigenvalue weighted by atomic mass is 9.76. The zero-order valence-electron chi connectivity index (χ0n) is 17.9. The fourth-order valence-electron chi connectivity index (χ4n) is 4.69. The second kappa shape index (κ2) is 11.2. The maximum Gasteiger partial charge on any atom is 0.307 e. The summed E-state index contributed by atoms with van der Waals surface area (Å²) < 4.78 is 0. The molecule has 5 N–H and O–H groups in total. The van der Waals surface area contributed by atoms with Crippen LogP contribution in [0, 0.1) is 33.8 Å². The summed E-state index contributed by atoms with van der Waals surface area (Å²) >= 11 is 0. The van der Waals surface area contributed by atoms with E-state index < -0.39 is 70.7 Å². The monoisotopic (exact) mass is 457 g/mol. The van der Waals surface area contributed by atoms with Gasteiger partial charge in [0, 0.05) is 17.8 Å². The number of hydrogen-bond acceptors (Lipinski definition) is 7. The molecular weight excluding hydrogens is 426 g/mol. The number of nitrogens with one attached hydrogen (secondary N) is 2. The van der Waals surface area contributed by atoms with Crippen LogP contribution in [0.25, 0.3) is 0 Å². The first-order chi connectivity index (χ1) is 15.0. The zero-order chi connectivity index (χ0) is 24.0. The molecule has 2 fully saturated rings. The fraction of sp³-hybridized carbons (Fsp3) is 0.800. The Labute approximate surface area is 184 Å². The standard InChI is InChI=1S/C20H31N3O9/c1-2-3-16(21-17(25)12-7-5-11(24)9-15(12)20(29)30)22-18(26)14-8-10(23(31)32)4-6-13(14)19(27)28/h10-16,24H,2-9H2,1H3,(H,21,25)(H,22,26)(H,27,28)(H,29,30). The Morgan fingerprint density at radius 3 is 2.00 bits per heavy atom. The van der Waals surface area contributed by atoms with Crippen LogP contribution in [0.5, 0.6) is 0 Å². The van der Waals surface area contributed by atoms with Crippen LogP contribution in [0.3, 0.4) is 0 Å². The van der Waals surface area contributed by atoms with E-state index in [1.165, 1.54) is 0 Å². The van der Waals surface area contributed by atoms with E-state index in [4.69, 9.17) is 0 Å². The summed E-state index contributed by atoms with van der Waals surface area (Å²) in [5.74, 6) is -7.71. The Kier molecular flexibility index (Phi) is 8.93. The van der Waals surface area contributed by atoms with Gasteiger partial charge < -0.3 is 26.0 Å². The molecule has 2 rings (SSSR count). The smallest absolute Gasteiger partial charge is 0.307 e. The van der Waals surface area contributed by atoms with Crippen molar-refractivity contribution in [1.29, 1.82) is 0 Å². The highest BCUT2D eigenvalue weighted by atomic mass is 16.6. The summed E-state index contributed by atoms with van der Waals surface area (Å²) in [6.45, 7) is 1.81. The number of nitro groups is 1. The van der Waals surface area contributed by atoms with Crippen molar-refractivity contribution in [1.82, 2.24) is 10.6 Å². The average Bonchev–Trinajstić information content (AvgIpc) is 2.72. The molecule has 7 atom stereocenters. The first-order valence-corrected chi connectivity index (χ1v) is 10.9. The number of carboxylic acid groups (broad SMARTS) is 2. The molecule has 0 aromatic heterocycles. The van der Waals surface area contributed by atoms with Crippen molar-refractivity contribution in [2.75, 3.05) is 0 Å². The maximum absolute atomic E-state index is 12.9. The van der Waals surface area contributed by atoms with Gasteiger partial charge in [-0.25, -0.2) is 0 Å². The fourth-order valence-corrected chi connectivity index (χ4v) is 4.69. The Morgan fingerprint density at radius 1 is 0.906 bits per heavy atom. The Morgan fingerprint density at radius 2 is 1.47 bits per heavy atom. The van der Waals surface area contributed by atoms with E-state index >= 15 is 0 Å². The summed E-state index contributed by atoms with van der Waals surface area (Å²) in [5.41, 5.74) is 0. The lowest BCUT2D eigenvalue weighted by Crippen LogP contribution is -2.54. The molecule has 32 heavy (non-hydrogen) atoms. The van der Waals surface area contributed by atoms with Gasteiger partial charge in [-0.1, -0.05) is 13.3 Å². The highest BCUT2D eigenvalue weighted by molar-refractivity contribution is 5.87. The first-order valence-electron chi connectivity index (χ1n) is 10.9. The number of carbonyl (C=O) groups is 4. The van der Waals surface area contributed by atoms with Gasteiger partial charge >= 0.3 is 11.9 Å². The number of carboxylic acids is 2. The van der Waals surface area contributed by atoms with Crippen LogP contribution in [0.15, 0.2) is 0 Å². The molecule has 2 saturated carbocycles. The molecule has 0 saturated heterocycles. The SMILES string of the molecule is CCCC(NC(=O)C1CCC(O)CC1C(=O)O)NC(=O)C1CC([N+](=O)[O-])CCC1C(=O)O. The van der Waals surface area contributed by atoms with Crippen LogP contribution < -0.4 is 10.6 Å².